The molecule has 0 radical (unpaired) electrons. The van der Waals surface area contributed by atoms with Crippen molar-refractivity contribution in [3.63, 3.8) is 0 Å². The minimum absolute atomic E-state index is 0.108. The summed E-state index contributed by atoms with van der Waals surface area (Å²) in [6, 6.07) is 24.7. The van der Waals surface area contributed by atoms with E-state index in [0.717, 1.165) is 76.5 Å². The number of alkyl carbamates (subject to hydrolysis) is 2. The van der Waals surface area contributed by atoms with Gasteiger partial charge >= 0.3 is 12.2 Å². The number of thioether (sulfide) groups is 1. The number of amides is 4. The zero-order valence-electron chi connectivity index (χ0n) is 34.4. The van der Waals surface area contributed by atoms with E-state index < -0.39 is 24.3 Å². The van der Waals surface area contributed by atoms with Crippen molar-refractivity contribution < 1.29 is 28.7 Å². The molecule has 60 heavy (non-hydrogen) atoms. The smallest absolute Gasteiger partial charge is 0.407 e. The van der Waals surface area contributed by atoms with Crippen LogP contribution in [0.4, 0.5) is 9.59 Å². The first-order chi connectivity index (χ1) is 29.1. The molecule has 2 saturated heterocycles. The number of H-pyrrole nitrogens is 2. The van der Waals surface area contributed by atoms with Gasteiger partial charge in [0.2, 0.25) is 11.8 Å². The molecule has 2 aliphatic heterocycles. The van der Waals surface area contributed by atoms with Crippen LogP contribution in [0.2, 0.25) is 0 Å². The summed E-state index contributed by atoms with van der Waals surface area (Å²) < 4.78 is 9.62. The van der Waals surface area contributed by atoms with Crippen molar-refractivity contribution >= 4 is 35.8 Å². The third-order valence-corrected chi connectivity index (χ3v) is 12.3. The standard InChI is InChI=1S/C45H52N8O6S/c1-28(2)39(51-45(57)59-4)43(55)53-23-9-13-38(53)41-47-25-35(49-41)33-20-16-31(17-21-33)30-14-18-32(19-15-30)34-24-46-40(48-34)37-12-8-22-52(37)42(54)36(50-44(56)58-3)27-60-26-29-10-6-5-7-11-29/h5-7,10-11,14-21,24-25,28,36-39H,8-9,12-13,22-23,26-27H2,1-4H3,(H,46,48)(H,47,49)(H,50,56)(H,51,57)/t36-,37-,38-,39-/m0/s1. The molecule has 2 aliphatic rings. The fourth-order valence-corrected chi connectivity index (χ4v) is 8.95. The van der Waals surface area contributed by atoms with Crippen molar-refractivity contribution in [3.8, 4) is 33.6 Å². The number of methoxy groups -OCH3 is 2. The summed E-state index contributed by atoms with van der Waals surface area (Å²) >= 11 is 1.59. The summed E-state index contributed by atoms with van der Waals surface area (Å²) in [6.07, 6.45) is 5.57. The van der Waals surface area contributed by atoms with Crippen LogP contribution in [0, 0.1) is 5.92 Å². The summed E-state index contributed by atoms with van der Waals surface area (Å²) in [7, 11) is 2.59. The van der Waals surface area contributed by atoms with Gasteiger partial charge in [0.25, 0.3) is 0 Å². The average Bonchev–Trinajstić information content (AvgIpc) is 4.12. The van der Waals surface area contributed by atoms with Gasteiger partial charge in [0.05, 0.1) is 50.1 Å². The van der Waals surface area contributed by atoms with E-state index in [2.05, 4.69) is 74.1 Å². The first kappa shape index (κ1) is 42.0. The van der Waals surface area contributed by atoms with Crippen LogP contribution in [0.3, 0.4) is 0 Å². The van der Waals surface area contributed by atoms with Crippen LogP contribution in [-0.2, 0) is 24.8 Å². The van der Waals surface area contributed by atoms with Gasteiger partial charge in [-0.05, 0) is 59.4 Å². The van der Waals surface area contributed by atoms with Gasteiger partial charge in [-0.3, -0.25) is 9.59 Å². The quantitative estimate of drug-likeness (QED) is 0.0884. The number of benzene rings is 3. The molecule has 2 fully saturated rings. The number of aromatic nitrogens is 4. The lowest BCUT2D eigenvalue weighted by Gasteiger charge is -2.30. The molecule has 4 heterocycles. The highest BCUT2D eigenvalue weighted by Crippen LogP contribution is 2.35. The molecule has 314 valence electrons. The van der Waals surface area contributed by atoms with E-state index in [9.17, 15) is 19.2 Å². The van der Waals surface area contributed by atoms with E-state index >= 15 is 0 Å². The molecule has 4 atom stereocenters. The Labute approximate surface area is 354 Å². The van der Waals surface area contributed by atoms with Crippen molar-refractivity contribution in [2.75, 3.05) is 33.1 Å². The Morgan fingerprint density at radius 2 is 1.18 bits per heavy atom. The van der Waals surface area contributed by atoms with E-state index in [-0.39, 0.29) is 29.8 Å². The maximum Gasteiger partial charge on any atom is 0.407 e. The molecular weight excluding hydrogens is 781 g/mol. The largest absolute Gasteiger partial charge is 0.453 e. The fraction of sp³-hybridized carbons (Fsp3) is 0.378. The third-order valence-electron chi connectivity index (χ3n) is 11.2. The summed E-state index contributed by atoms with van der Waals surface area (Å²) in [5.41, 5.74) is 6.91. The van der Waals surface area contributed by atoms with E-state index in [0.29, 0.717) is 24.7 Å². The molecule has 14 nitrogen and oxygen atoms in total. The van der Waals surface area contributed by atoms with E-state index in [1.165, 1.54) is 14.2 Å². The number of imidazole rings is 2. The highest BCUT2D eigenvalue weighted by molar-refractivity contribution is 7.98. The Hall–Kier alpha value is -6.09. The Bertz CT molecular complexity index is 2240. The van der Waals surface area contributed by atoms with Gasteiger partial charge in [0.1, 0.15) is 23.7 Å². The molecule has 15 heteroatoms. The van der Waals surface area contributed by atoms with E-state index in [4.69, 9.17) is 14.5 Å². The second-order valence-electron chi connectivity index (χ2n) is 15.4. The molecule has 5 aromatic rings. The zero-order valence-corrected chi connectivity index (χ0v) is 35.2. The number of carbonyl (C=O) groups excluding carboxylic acids is 4. The van der Waals surface area contributed by atoms with Crippen molar-refractivity contribution in [1.29, 1.82) is 0 Å². The van der Waals surface area contributed by atoms with Gasteiger partial charge in [0.15, 0.2) is 0 Å². The predicted octanol–water partition coefficient (Wildman–Crippen LogP) is 7.50. The van der Waals surface area contributed by atoms with Gasteiger partial charge in [-0.2, -0.15) is 11.8 Å². The highest BCUT2D eigenvalue weighted by atomic mass is 32.2. The molecule has 4 N–H and O–H groups in total. The van der Waals surface area contributed by atoms with Gasteiger partial charge in [0, 0.05) is 24.6 Å². The maximum atomic E-state index is 13.9. The molecule has 0 spiro atoms. The minimum atomic E-state index is -0.734. The van der Waals surface area contributed by atoms with Crippen molar-refractivity contribution in [2.24, 2.45) is 5.92 Å². The summed E-state index contributed by atoms with van der Waals surface area (Å²) in [5.74, 6) is 2.17. The topological polar surface area (TPSA) is 175 Å². The molecule has 0 aliphatic carbocycles. The number of likely N-dealkylation sites (tertiary alicyclic amines) is 2. The number of hydrogen-bond donors (Lipinski definition) is 4. The van der Waals surface area contributed by atoms with E-state index in [1.807, 2.05) is 49.1 Å². The number of aromatic amines is 2. The first-order valence-electron chi connectivity index (χ1n) is 20.4. The van der Waals surface area contributed by atoms with Crippen LogP contribution < -0.4 is 10.6 Å². The first-order valence-corrected chi connectivity index (χ1v) is 21.5. The fourth-order valence-electron chi connectivity index (χ4n) is 7.94. The second kappa shape index (κ2) is 19.3. The van der Waals surface area contributed by atoms with Gasteiger partial charge < -0.3 is 39.9 Å². The zero-order chi connectivity index (χ0) is 42.2. The van der Waals surface area contributed by atoms with Gasteiger partial charge in [-0.1, -0.05) is 92.7 Å². The Kier molecular flexibility index (Phi) is 13.5. The number of carbonyl (C=O) groups is 4. The predicted molar refractivity (Wildman–Crippen MR) is 231 cm³/mol. The average molecular weight is 833 g/mol. The van der Waals surface area contributed by atoms with Crippen LogP contribution in [0.15, 0.2) is 91.3 Å². The van der Waals surface area contributed by atoms with Crippen LogP contribution in [-0.4, -0.2) is 98.9 Å². The lowest BCUT2D eigenvalue weighted by Crippen LogP contribution is -2.51. The van der Waals surface area contributed by atoms with Crippen molar-refractivity contribution in [3.05, 3.63) is 108 Å². The lowest BCUT2D eigenvalue weighted by molar-refractivity contribution is -0.135. The van der Waals surface area contributed by atoms with Gasteiger partial charge in [-0.25, -0.2) is 19.6 Å². The van der Waals surface area contributed by atoms with E-state index in [1.54, 1.807) is 29.1 Å². The molecule has 3 aromatic carbocycles. The molecule has 2 aromatic heterocycles. The molecular formula is C45H52N8O6S. The third kappa shape index (κ3) is 9.68. The number of nitrogens with one attached hydrogen (secondary N) is 4. The Balaban J connectivity index is 0.981. The molecule has 4 amide bonds. The SMILES string of the molecule is COC(=O)N[C@@H](CSCc1ccccc1)C(=O)N1CCC[C@H]1c1ncc(-c2ccc(-c3ccc(-c4cnc([C@@H]5CCCN5C(=O)[C@@H](NC(=O)OC)C(C)C)[nH]4)cc3)cc2)[nH]1. The normalized spacial score (nSPS) is 17.4. The highest BCUT2D eigenvalue weighted by Gasteiger charge is 2.38. The maximum absolute atomic E-state index is 13.9. The number of hydrogen-bond acceptors (Lipinski definition) is 9. The number of ether oxygens (including phenoxy) is 2. The van der Waals surface area contributed by atoms with Crippen LogP contribution in [0.5, 0.6) is 0 Å². The summed E-state index contributed by atoms with van der Waals surface area (Å²) in [6.45, 7) is 4.97. The molecule has 7 rings (SSSR count). The number of nitrogens with zero attached hydrogens (tertiary/aromatic N) is 4. The second-order valence-corrected chi connectivity index (χ2v) is 16.5. The Morgan fingerprint density at radius 1 is 0.700 bits per heavy atom. The molecule has 0 unspecified atom stereocenters. The van der Waals surface area contributed by atoms with Crippen LogP contribution in [0.1, 0.15) is 68.8 Å². The lowest BCUT2D eigenvalue weighted by atomic mass is 10.0. The van der Waals surface area contributed by atoms with Crippen molar-refractivity contribution in [2.45, 2.75) is 69.5 Å². The number of rotatable bonds is 14. The monoisotopic (exact) mass is 832 g/mol. The molecule has 0 bridgehead atoms. The summed E-state index contributed by atoms with van der Waals surface area (Å²) in [5, 5.41) is 5.45. The van der Waals surface area contributed by atoms with Gasteiger partial charge in [-0.15, -0.1) is 0 Å². The van der Waals surface area contributed by atoms with Crippen LogP contribution >= 0.6 is 11.8 Å². The Morgan fingerprint density at radius 3 is 1.68 bits per heavy atom. The van der Waals surface area contributed by atoms with Crippen LogP contribution in [0.25, 0.3) is 33.6 Å². The molecule has 0 saturated carbocycles. The van der Waals surface area contributed by atoms with Crippen molar-refractivity contribution in [1.82, 2.24) is 40.4 Å². The summed E-state index contributed by atoms with van der Waals surface area (Å²) in [4.78, 5) is 71.6. The minimum Gasteiger partial charge on any atom is -0.453 e.